The molecule has 0 spiro atoms. The molecule has 1 amide bonds. The second-order valence-corrected chi connectivity index (χ2v) is 10.1. The Kier molecular flexibility index (Phi) is 5.50. The van der Waals surface area contributed by atoms with Gasteiger partial charge in [-0.2, -0.15) is 5.10 Å². The summed E-state index contributed by atoms with van der Waals surface area (Å²) in [5.74, 6) is 0.478. The molecule has 1 saturated carbocycles. The number of amides is 1. The number of aromatic nitrogens is 5. The Bertz CT molecular complexity index is 1270. The summed E-state index contributed by atoms with van der Waals surface area (Å²) >= 11 is 0. The van der Waals surface area contributed by atoms with Gasteiger partial charge in [0.1, 0.15) is 42.3 Å². The number of carbonyl (C=O) groups excluding carboxylic acids is 1. The second-order valence-electron chi connectivity index (χ2n) is 10.1. The molecular weight excluding hydrogens is 465 g/mol. The number of rotatable bonds is 6. The first-order valence-corrected chi connectivity index (χ1v) is 12.3. The molecule has 2 aliphatic heterocycles. The Morgan fingerprint density at radius 2 is 1.94 bits per heavy atom. The van der Waals surface area contributed by atoms with Crippen molar-refractivity contribution in [2.45, 2.75) is 76.2 Å². The third kappa shape index (κ3) is 4.33. The van der Waals surface area contributed by atoms with Gasteiger partial charge in [-0.3, -0.25) is 0 Å². The highest BCUT2D eigenvalue weighted by Crippen LogP contribution is 2.43. The summed E-state index contributed by atoms with van der Waals surface area (Å²) in [5, 5.41) is 7.07. The summed E-state index contributed by atoms with van der Waals surface area (Å²) in [6.45, 7) is 3.83. The van der Waals surface area contributed by atoms with Crippen LogP contribution in [0.25, 0.3) is 5.69 Å². The molecule has 4 heterocycles. The van der Waals surface area contributed by atoms with Crippen LogP contribution in [0.15, 0.2) is 37.2 Å². The number of anilines is 2. The zero-order chi connectivity index (χ0) is 24.9. The van der Waals surface area contributed by atoms with E-state index in [4.69, 9.17) is 9.47 Å². The van der Waals surface area contributed by atoms with E-state index in [-0.39, 0.29) is 35.6 Å². The zero-order valence-electron chi connectivity index (χ0n) is 20.2. The van der Waals surface area contributed by atoms with Crippen LogP contribution >= 0.6 is 0 Å². The number of hydrogen-bond acceptors (Lipinski definition) is 8. The Morgan fingerprint density at radius 1 is 1.17 bits per heavy atom. The molecule has 2 atom stereocenters. The molecule has 3 fully saturated rings. The highest BCUT2D eigenvalue weighted by atomic mass is 19.1. The van der Waals surface area contributed by atoms with Gasteiger partial charge in [0, 0.05) is 31.0 Å². The second kappa shape index (κ2) is 8.72. The third-order valence-corrected chi connectivity index (χ3v) is 7.39. The lowest BCUT2D eigenvalue weighted by molar-refractivity contribution is 0.0115. The van der Waals surface area contributed by atoms with Gasteiger partial charge >= 0.3 is 6.09 Å². The van der Waals surface area contributed by atoms with E-state index in [1.807, 2.05) is 18.7 Å². The molecule has 3 aromatic rings. The van der Waals surface area contributed by atoms with E-state index in [9.17, 15) is 9.18 Å². The van der Waals surface area contributed by atoms with E-state index >= 15 is 0 Å². The Labute approximate surface area is 207 Å². The van der Waals surface area contributed by atoms with Crippen LogP contribution in [-0.2, 0) is 4.74 Å². The lowest BCUT2D eigenvalue weighted by atomic mass is 10.0. The molecule has 2 saturated heterocycles. The van der Waals surface area contributed by atoms with Crippen LogP contribution < -0.4 is 10.1 Å². The van der Waals surface area contributed by atoms with E-state index in [1.54, 1.807) is 12.1 Å². The first-order chi connectivity index (χ1) is 17.4. The molecule has 10 nitrogen and oxygen atoms in total. The largest absolute Gasteiger partial charge is 0.474 e. The predicted octanol–water partition coefficient (Wildman–Crippen LogP) is 4.31. The van der Waals surface area contributed by atoms with E-state index in [1.165, 1.54) is 29.7 Å². The minimum atomic E-state index is -0.445. The summed E-state index contributed by atoms with van der Waals surface area (Å²) in [4.78, 5) is 27.2. The quantitative estimate of drug-likeness (QED) is 0.541. The number of carbonyl (C=O) groups is 1. The number of hydrogen-bond donors (Lipinski definition) is 1. The van der Waals surface area contributed by atoms with E-state index in [2.05, 4.69) is 25.4 Å². The molecule has 0 radical (unpaired) electrons. The fourth-order valence-electron chi connectivity index (χ4n) is 5.12. The van der Waals surface area contributed by atoms with E-state index in [0.717, 1.165) is 38.5 Å². The maximum Gasteiger partial charge on any atom is 0.410 e. The summed E-state index contributed by atoms with van der Waals surface area (Å²) in [7, 11) is 0. The van der Waals surface area contributed by atoms with Gasteiger partial charge in [0.25, 0.3) is 0 Å². The van der Waals surface area contributed by atoms with Gasteiger partial charge in [0.05, 0.1) is 16.9 Å². The fraction of sp³-hybridized carbons (Fsp3) is 0.480. The Hall–Kier alpha value is -3.76. The van der Waals surface area contributed by atoms with E-state index < -0.39 is 5.82 Å². The molecule has 6 rings (SSSR count). The predicted molar refractivity (Wildman–Crippen MR) is 128 cm³/mol. The monoisotopic (exact) mass is 493 g/mol. The summed E-state index contributed by atoms with van der Waals surface area (Å²) in [5.41, 5.74) is 1.26. The standard InChI is InChI=1S/C25H28FN7O3/c1-15-22(31-21-6-5-16(11-20(21)26)32-14-27-12-30-32)28-13-29-23(15)35-19-9-17-3-4-18(10-19)33(17)24(34)36-25(2)7-8-25/h5-6,11-14,17-19H,3-4,7-10H2,1-2H3,(H,28,29,31). The molecule has 2 aromatic heterocycles. The molecule has 2 unspecified atom stereocenters. The van der Waals surface area contributed by atoms with Crippen molar-refractivity contribution in [2.24, 2.45) is 0 Å². The van der Waals surface area contributed by atoms with Gasteiger partial charge in [0.15, 0.2) is 0 Å². The van der Waals surface area contributed by atoms with Gasteiger partial charge in [-0.25, -0.2) is 28.8 Å². The Balaban J connectivity index is 1.13. The maximum atomic E-state index is 14.8. The molecule has 1 aromatic carbocycles. The number of nitrogens with zero attached hydrogens (tertiary/aromatic N) is 6. The number of benzene rings is 1. The van der Waals surface area contributed by atoms with Crippen LogP contribution in [0, 0.1) is 12.7 Å². The smallest absolute Gasteiger partial charge is 0.410 e. The van der Waals surface area contributed by atoms with Crippen LogP contribution in [-0.4, -0.2) is 59.5 Å². The van der Waals surface area contributed by atoms with Crippen LogP contribution in [0.5, 0.6) is 5.88 Å². The lowest BCUT2D eigenvalue weighted by Crippen LogP contribution is -2.50. The maximum absolute atomic E-state index is 14.8. The highest BCUT2D eigenvalue weighted by Gasteiger charge is 2.49. The topological polar surface area (TPSA) is 107 Å². The average molecular weight is 494 g/mol. The van der Waals surface area contributed by atoms with Crippen molar-refractivity contribution >= 4 is 17.6 Å². The van der Waals surface area contributed by atoms with Gasteiger partial charge in [-0.05, 0) is 51.7 Å². The van der Waals surface area contributed by atoms with Crippen LogP contribution in [0.3, 0.4) is 0 Å². The van der Waals surface area contributed by atoms with Crippen LogP contribution in [0.4, 0.5) is 20.7 Å². The molecular formula is C25H28FN7O3. The number of halogens is 1. The minimum Gasteiger partial charge on any atom is -0.474 e. The lowest BCUT2D eigenvalue weighted by Gasteiger charge is -2.38. The summed E-state index contributed by atoms with van der Waals surface area (Å²) in [6, 6.07) is 4.97. The normalized spacial score (nSPS) is 23.9. The SMILES string of the molecule is Cc1c(Nc2ccc(-n3cncn3)cc2F)ncnc1OC1CC2CCC(C1)N2C(=O)OC1(C)CC1. The number of fused-ring (bicyclic) bond motifs is 2. The van der Waals surface area contributed by atoms with Gasteiger partial charge < -0.3 is 19.7 Å². The van der Waals surface area contributed by atoms with Crippen molar-refractivity contribution < 1.29 is 18.7 Å². The molecule has 2 bridgehead atoms. The van der Waals surface area contributed by atoms with Crippen molar-refractivity contribution in [3.63, 3.8) is 0 Å². The first kappa shape index (κ1) is 22.7. The zero-order valence-corrected chi connectivity index (χ0v) is 20.2. The summed E-state index contributed by atoms with van der Waals surface area (Å²) in [6.07, 6.45) is 9.29. The first-order valence-electron chi connectivity index (χ1n) is 12.3. The van der Waals surface area contributed by atoms with Gasteiger partial charge in [-0.1, -0.05) is 0 Å². The molecule has 36 heavy (non-hydrogen) atoms. The van der Waals surface area contributed by atoms with Crippen LogP contribution in [0.2, 0.25) is 0 Å². The Morgan fingerprint density at radius 3 is 2.61 bits per heavy atom. The molecule has 188 valence electrons. The average Bonchev–Trinajstić information content (AvgIpc) is 3.23. The molecule has 1 N–H and O–H groups in total. The van der Waals surface area contributed by atoms with Crippen LogP contribution in [0.1, 0.15) is 51.0 Å². The van der Waals surface area contributed by atoms with Gasteiger partial charge in [-0.15, -0.1) is 0 Å². The van der Waals surface area contributed by atoms with Crippen molar-refractivity contribution in [3.8, 4) is 11.6 Å². The number of piperidine rings is 1. The third-order valence-electron chi connectivity index (χ3n) is 7.39. The summed E-state index contributed by atoms with van der Waals surface area (Å²) < 4.78 is 28.3. The van der Waals surface area contributed by atoms with Crippen molar-refractivity contribution in [2.75, 3.05) is 5.32 Å². The van der Waals surface area contributed by atoms with Crippen molar-refractivity contribution in [1.29, 1.82) is 0 Å². The van der Waals surface area contributed by atoms with E-state index in [0.29, 0.717) is 22.9 Å². The number of nitrogens with one attached hydrogen (secondary N) is 1. The van der Waals surface area contributed by atoms with Crippen molar-refractivity contribution in [3.05, 3.63) is 48.6 Å². The van der Waals surface area contributed by atoms with Gasteiger partial charge in [0.2, 0.25) is 5.88 Å². The molecule has 11 heteroatoms. The molecule has 3 aliphatic rings. The fourth-order valence-corrected chi connectivity index (χ4v) is 5.12. The number of ether oxygens (including phenoxy) is 2. The molecule has 1 aliphatic carbocycles. The van der Waals surface area contributed by atoms with Crippen molar-refractivity contribution in [1.82, 2.24) is 29.6 Å². The highest BCUT2D eigenvalue weighted by molar-refractivity contribution is 5.70. The minimum absolute atomic E-state index is 0.0665.